The van der Waals surface area contributed by atoms with Gasteiger partial charge in [-0.15, -0.1) is 11.8 Å². The molecule has 0 atom stereocenters. The second-order valence-corrected chi connectivity index (χ2v) is 7.16. The number of hydrogen-bond donors (Lipinski definition) is 1. The lowest BCUT2D eigenvalue weighted by Crippen LogP contribution is -2.14. The van der Waals surface area contributed by atoms with Crippen LogP contribution in [0.2, 0.25) is 0 Å². The van der Waals surface area contributed by atoms with Crippen LogP contribution in [0.5, 0.6) is 0 Å². The molecule has 5 nitrogen and oxygen atoms in total. The lowest BCUT2D eigenvalue weighted by atomic mass is 9.95. The number of carbonyl (C=O) groups excluding carboxylic acids is 1. The normalized spacial score (nSPS) is 13.0. The number of amides is 1. The van der Waals surface area contributed by atoms with E-state index in [1.165, 1.54) is 23.7 Å². The minimum Gasteiger partial charge on any atom is -0.310 e. The Morgan fingerprint density at radius 3 is 3.04 bits per heavy atom. The molecule has 0 fully saturated rings. The van der Waals surface area contributed by atoms with E-state index in [2.05, 4.69) is 21.4 Å². The zero-order valence-electron chi connectivity index (χ0n) is 14.2. The Labute approximate surface area is 151 Å². The highest BCUT2D eigenvalue weighted by Crippen LogP contribution is 2.27. The van der Waals surface area contributed by atoms with Gasteiger partial charge in [0.05, 0.1) is 5.56 Å². The van der Waals surface area contributed by atoms with E-state index in [0.29, 0.717) is 23.6 Å². The zero-order valence-corrected chi connectivity index (χ0v) is 15.0. The standard InChI is InChI=1S/C19H20N4OS/c1-13-5-4-9-21-18(13)23-17(24)8-10-25-19-15(12-20)11-14-6-2-3-7-16(14)22-19/h4-5,9,11H,2-3,6-8,10H2,1H3,(H,21,23,24). The van der Waals surface area contributed by atoms with Crippen LogP contribution in [0.1, 0.15) is 41.6 Å². The van der Waals surface area contributed by atoms with Crippen LogP contribution >= 0.6 is 11.8 Å². The number of thioether (sulfide) groups is 1. The first-order valence-electron chi connectivity index (χ1n) is 8.44. The van der Waals surface area contributed by atoms with Crippen LogP contribution in [-0.4, -0.2) is 21.6 Å². The van der Waals surface area contributed by atoms with E-state index >= 15 is 0 Å². The van der Waals surface area contributed by atoms with E-state index in [0.717, 1.165) is 35.5 Å². The summed E-state index contributed by atoms with van der Waals surface area (Å²) in [5.74, 6) is 1.10. The molecule has 2 aromatic rings. The van der Waals surface area contributed by atoms with Crippen molar-refractivity contribution in [3.8, 4) is 6.07 Å². The molecule has 1 aliphatic carbocycles. The van der Waals surface area contributed by atoms with Crippen molar-refractivity contribution >= 4 is 23.5 Å². The summed E-state index contributed by atoms with van der Waals surface area (Å²) in [5.41, 5.74) is 3.87. The third kappa shape index (κ3) is 4.37. The van der Waals surface area contributed by atoms with Gasteiger partial charge in [-0.3, -0.25) is 4.79 Å². The summed E-state index contributed by atoms with van der Waals surface area (Å²) in [6.45, 7) is 1.91. The molecule has 0 aromatic carbocycles. The lowest BCUT2D eigenvalue weighted by Gasteiger charge is -2.16. The number of pyridine rings is 2. The number of nitriles is 1. The summed E-state index contributed by atoms with van der Waals surface area (Å²) in [6.07, 6.45) is 6.32. The zero-order chi connectivity index (χ0) is 17.6. The summed E-state index contributed by atoms with van der Waals surface area (Å²) in [5, 5.41) is 12.9. The number of hydrogen-bond acceptors (Lipinski definition) is 5. The molecule has 1 aliphatic rings. The number of carbonyl (C=O) groups is 1. The first kappa shape index (κ1) is 17.4. The van der Waals surface area contributed by atoms with Gasteiger partial charge in [-0.25, -0.2) is 9.97 Å². The predicted octanol–water partition coefficient (Wildman–Crippen LogP) is 3.66. The highest BCUT2D eigenvalue weighted by molar-refractivity contribution is 7.99. The van der Waals surface area contributed by atoms with Crippen LogP contribution in [0.25, 0.3) is 0 Å². The summed E-state index contributed by atoms with van der Waals surface area (Å²) >= 11 is 1.47. The van der Waals surface area contributed by atoms with Gasteiger partial charge in [-0.1, -0.05) is 6.07 Å². The number of aryl methyl sites for hydroxylation is 3. The first-order valence-corrected chi connectivity index (χ1v) is 9.43. The van der Waals surface area contributed by atoms with Crippen LogP contribution in [0.4, 0.5) is 5.82 Å². The van der Waals surface area contributed by atoms with Crippen molar-refractivity contribution in [2.45, 2.75) is 44.1 Å². The molecule has 0 saturated heterocycles. The number of rotatable bonds is 5. The van der Waals surface area contributed by atoms with E-state index in [1.807, 2.05) is 25.1 Å². The van der Waals surface area contributed by atoms with Crippen molar-refractivity contribution in [1.82, 2.24) is 9.97 Å². The van der Waals surface area contributed by atoms with Crippen LogP contribution in [0, 0.1) is 18.3 Å². The van der Waals surface area contributed by atoms with Gasteiger partial charge in [0.1, 0.15) is 16.9 Å². The van der Waals surface area contributed by atoms with Gasteiger partial charge >= 0.3 is 0 Å². The fraction of sp³-hybridized carbons (Fsp3) is 0.368. The molecule has 0 bridgehead atoms. The van der Waals surface area contributed by atoms with Crippen LogP contribution in [0.15, 0.2) is 29.4 Å². The number of nitrogens with zero attached hydrogens (tertiary/aromatic N) is 3. The minimum absolute atomic E-state index is 0.0780. The van der Waals surface area contributed by atoms with Crippen molar-refractivity contribution in [2.75, 3.05) is 11.1 Å². The average Bonchev–Trinajstić information content (AvgIpc) is 2.63. The van der Waals surface area contributed by atoms with Gasteiger partial charge in [0.15, 0.2) is 0 Å². The topological polar surface area (TPSA) is 78.7 Å². The van der Waals surface area contributed by atoms with Crippen LogP contribution in [-0.2, 0) is 17.6 Å². The van der Waals surface area contributed by atoms with Crippen LogP contribution in [0.3, 0.4) is 0 Å². The molecule has 25 heavy (non-hydrogen) atoms. The molecule has 2 aromatic heterocycles. The smallest absolute Gasteiger partial charge is 0.226 e. The van der Waals surface area contributed by atoms with Gasteiger partial charge in [0.2, 0.25) is 5.91 Å². The second kappa shape index (κ2) is 8.13. The van der Waals surface area contributed by atoms with E-state index in [-0.39, 0.29) is 5.91 Å². The molecule has 3 rings (SSSR count). The van der Waals surface area contributed by atoms with Gasteiger partial charge in [-0.2, -0.15) is 5.26 Å². The van der Waals surface area contributed by atoms with Crippen molar-refractivity contribution in [3.05, 3.63) is 46.8 Å². The lowest BCUT2D eigenvalue weighted by molar-refractivity contribution is -0.115. The summed E-state index contributed by atoms with van der Waals surface area (Å²) < 4.78 is 0. The largest absolute Gasteiger partial charge is 0.310 e. The molecule has 0 aliphatic heterocycles. The van der Waals surface area contributed by atoms with Gasteiger partial charge in [-0.05, 0) is 55.9 Å². The molecule has 6 heteroatoms. The Balaban J connectivity index is 1.59. The number of fused-ring (bicyclic) bond motifs is 1. The Kier molecular flexibility index (Phi) is 5.67. The van der Waals surface area contributed by atoms with E-state index in [4.69, 9.17) is 0 Å². The van der Waals surface area contributed by atoms with E-state index in [9.17, 15) is 10.1 Å². The van der Waals surface area contributed by atoms with Crippen molar-refractivity contribution in [2.24, 2.45) is 0 Å². The molecule has 1 amide bonds. The van der Waals surface area contributed by atoms with E-state index in [1.54, 1.807) is 6.20 Å². The molecule has 0 spiro atoms. The summed E-state index contributed by atoms with van der Waals surface area (Å²) in [6, 6.07) is 7.96. The fourth-order valence-electron chi connectivity index (χ4n) is 2.86. The Hall–Kier alpha value is -2.39. The van der Waals surface area contributed by atoms with Crippen LogP contribution < -0.4 is 5.32 Å². The van der Waals surface area contributed by atoms with Gasteiger partial charge < -0.3 is 5.32 Å². The van der Waals surface area contributed by atoms with Gasteiger partial charge in [0.25, 0.3) is 0 Å². The Morgan fingerprint density at radius 2 is 2.24 bits per heavy atom. The van der Waals surface area contributed by atoms with Gasteiger partial charge in [0, 0.05) is 24.1 Å². The maximum absolute atomic E-state index is 12.1. The average molecular weight is 352 g/mol. The minimum atomic E-state index is -0.0780. The third-order valence-corrected chi connectivity index (χ3v) is 5.21. The monoisotopic (exact) mass is 352 g/mol. The van der Waals surface area contributed by atoms with Crippen molar-refractivity contribution < 1.29 is 4.79 Å². The highest BCUT2D eigenvalue weighted by Gasteiger charge is 2.16. The second-order valence-electron chi connectivity index (χ2n) is 6.08. The van der Waals surface area contributed by atoms with Crippen molar-refractivity contribution in [1.29, 1.82) is 5.26 Å². The molecule has 0 unspecified atom stereocenters. The molecular formula is C19H20N4OS. The maximum atomic E-state index is 12.1. The molecule has 2 heterocycles. The maximum Gasteiger partial charge on any atom is 0.226 e. The quantitative estimate of drug-likeness (QED) is 0.831. The summed E-state index contributed by atoms with van der Waals surface area (Å²) in [7, 11) is 0. The third-order valence-electron chi connectivity index (χ3n) is 4.22. The molecule has 0 radical (unpaired) electrons. The summed E-state index contributed by atoms with van der Waals surface area (Å²) in [4.78, 5) is 20.9. The predicted molar refractivity (Wildman–Crippen MR) is 98.5 cm³/mol. The first-order chi connectivity index (χ1) is 12.2. The highest BCUT2D eigenvalue weighted by atomic mass is 32.2. The molecule has 1 N–H and O–H groups in total. The van der Waals surface area contributed by atoms with Crippen molar-refractivity contribution in [3.63, 3.8) is 0 Å². The Bertz CT molecular complexity index is 829. The molecule has 128 valence electrons. The molecular weight excluding hydrogens is 332 g/mol. The SMILES string of the molecule is Cc1cccnc1NC(=O)CCSc1nc2c(cc1C#N)CCCC2. The number of aromatic nitrogens is 2. The number of nitrogens with one attached hydrogen (secondary N) is 1. The van der Waals surface area contributed by atoms with E-state index < -0.39 is 0 Å². The molecule has 0 saturated carbocycles. The fourth-order valence-corrected chi connectivity index (χ4v) is 3.77. The number of anilines is 1. The Morgan fingerprint density at radius 1 is 1.40 bits per heavy atom.